The van der Waals surface area contributed by atoms with Gasteiger partial charge in [0.15, 0.2) is 0 Å². The highest BCUT2D eigenvalue weighted by molar-refractivity contribution is 8.03. The van der Waals surface area contributed by atoms with E-state index in [9.17, 15) is 14.9 Å². The molecule has 1 unspecified atom stereocenters. The molecule has 0 spiro atoms. The first kappa shape index (κ1) is 26.0. The highest BCUT2D eigenvalue weighted by Crippen LogP contribution is 2.41. The van der Waals surface area contributed by atoms with Gasteiger partial charge in [0.05, 0.1) is 28.3 Å². The molecule has 0 radical (unpaired) electrons. The van der Waals surface area contributed by atoms with E-state index >= 15 is 4.39 Å². The minimum absolute atomic E-state index is 0.00594. The van der Waals surface area contributed by atoms with E-state index in [0.29, 0.717) is 27.1 Å². The topological polar surface area (TPSA) is 94.0 Å². The molecule has 37 heavy (non-hydrogen) atoms. The monoisotopic (exact) mass is 532 g/mol. The Kier molecular flexibility index (Phi) is 8.29. The number of hydrogen-bond acceptors (Lipinski definition) is 5. The van der Waals surface area contributed by atoms with Gasteiger partial charge in [0.25, 0.3) is 5.91 Å². The molecular formula is C28H22ClFN4O2S. The van der Waals surface area contributed by atoms with Gasteiger partial charge in [0.2, 0.25) is 5.91 Å². The summed E-state index contributed by atoms with van der Waals surface area (Å²) >= 11 is 7.06. The van der Waals surface area contributed by atoms with Crippen molar-refractivity contribution in [3.8, 4) is 6.07 Å². The number of nitrogens with one attached hydrogen (secondary N) is 3. The summed E-state index contributed by atoms with van der Waals surface area (Å²) in [5.74, 6) is -2.26. The molecule has 0 saturated carbocycles. The summed E-state index contributed by atoms with van der Waals surface area (Å²) in [5.41, 5.74) is 2.14. The van der Waals surface area contributed by atoms with Crippen LogP contribution in [-0.4, -0.2) is 17.6 Å². The van der Waals surface area contributed by atoms with Crippen LogP contribution in [0.4, 0.5) is 15.8 Å². The molecule has 3 aromatic rings. The molecule has 0 aliphatic carbocycles. The zero-order chi connectivity index (χ0) is 26.4. The number of nitriles is 1. The molecule has 1 aliphatic heterocycles. The highest BCUT2D eigenvalue weighted by Gasteiger charge is 2.36. The first-order valence-corrected chi connectivity index (χ1v) is 12.6. The van der Waals surface area contributed by atoms with Gasteiger partial charge in [-0.2, -0.15) is 5.26 Å². The van der Waals surface area contributed by atoms with Crippen molar-refractivity contribution in [1.29, 1.82) is 5.26 Å². The fourth-order valence-corrected chi connectivity index (χ4v) is 4.95. The van der Waals surface area contributed by atoms with Gasteiger partial charge in [-0.15, -0.1) is 0 Å². The first-order chi connectivity index (χ1) is 17.9. The van der Waals surface area contributed by atoms with Gasteiger partial charge in [-0.25, -0.2) is 4.39 Å². The number of amides is 2. The van der Waals surface area contributed by atoms with Gasteiger partial charge in [-0.05, 0) is 49.4 Å². The number of rotatable bonds is 7. The lowest BCUT2D eigenvalue weighted by molar-refractivity contribution is -0.114. The zero-order valence-electron chi connectivity index (χ0n) is 19.7. The first-order valence-electron chi connectivity index (χ1n) is 11.3. The number of allylic oxidation sites excluding steroid dienone is 2. The Morgan fingerprint density at radius 3 is 2.32 bits per heavy atom. The Morgan fingerprint density at radius 2 is 1.65 bits per heavy atom. The molecule has 0 bridgehead atoms. The molecule has 4 rings (SSSR count). The van der Waals surface area contributed by atoms with Crippen LogP contribution in [0.1, 0.15) is 18.4 Å². The maximum atomic E-state index is 15.0. The molecule has 9 heteroatoms. The van der Waals surface area contributed by atoms with E-state index in [1.165, 1.54) is 6.07 Å². The summed E-state index contributed by atoms with van der Waals surface area (Å²) in [5, 5.41) is 19.7. The molecule has 3 aromatic carbocycles. The van der Waals surface area contributed by atoms with E-state index in [4.69, 9.17) is 11.6 Å². The van der Waals surface area contributed by atoms with Crippen molar-refractivity contribution in [2.24, 2.45) is 0 Å². The van der Waals surface area contributed by atoms with Crippen LogP contribution in [-0.2, 0) is 9.59 Å². The van der Waals surface area contributed by atoms with Gasteiger partial charge in [0, 0.05) is 33.2 Å². The Bertz CT molecular complexity index is 1430. The average Bonchev–Trinajstić information content (AvgIpc) is 2.89. The Labute approximate surface area is 223 Å². The Hall–Kier alpha value is -4.06. The van der Waals surface area contributed by atoms with Gasteiger partial charge in [-0.1, -0.05) is 59.8 Å². The number of carbonyl (C=O) groups excluding carboxylic acids is 2. The second-order valence-corrected chi connectivity index (χ2v) is 9.56. The predicted molar refractivity (Wildman–Crippen MR) is 145 cm³/mol. The fourth-order valence-electron chi connectivity index (χ4n) is 3.94. The second kappa shape index (κ2) is 11.8. The van der Waals surface area contributed by atoms with Crippen LogP contribution >= 0.6 is 23.4 Å². The standard InChI is InChI=1S/C28H22ClFN4O2S/c1-17-25(27(36)34-20-13-11-18(29)12-14-20)26(21-9-5-6-10-23(21)30)22(15-31)28(32-17)37-16-24(35)33-19-7-3-2-4-8-19/h2-14,26,32H,16H2,1H3,(H,33,35)(H,34,36). The molecular weight excluding hydrogens is 511 g/mol. The molecule has 0 aromatic heterocycles. The number of carbonyl (C=O) groups is 2. The lowest BCUT2D eigenvalue weighted by Gasteiger charge is -2.30. The average molecular weight is 533 g/mol. The minimum atomic E-state index is -0.973. The van der Waals surface area contributed by atoms with Crippen LogP contribution < -0.4 is 16.0 Å². The fraction of sp³-hybridized carbons (Fsp3) is 0.107. The van der Waals surface area contributed by atoms with E-state index < -0.39 is 17.6 Å². The third-order valence-electron chi connectivity index (χ3n) is 5.62. The van der Waals surface area contributed by atoms with Crippen molar-refractivity contribution < 1.29 is 14.0 Å². The smallest absolute Gasteiger partial charge is 0.254 e. The minimum Gasteiger partial charge on any atom is -0.353 e. The quantitative estimate of drug-likeness (QED) is 0.337. The maximum Gasteiger partial charge on any atom is 0.254 e. The van der Waals surface area contributed by atoms with Gasteiger partial charge in [-0.3, -0.25) is 9.59 Å². The van der Waals surface area contributed by atoms with Crippen LogP contribution in [0.15, 0.2) is 101 Å². The summed E-state index contributed by atoms with van der Waals surface area (Å²) in [6, 6.07) is 23.8. The van der Waals surface area contributed by atoms with Crippen LogP contribution in [0.3, 0.4) is 0 Å². The van der Waals surface area contributed by atoms with Crippen molar-refractivity contribution >= 4 is 46.6 Å². The number of anilines is 2. The van der Waals surface area contributed by atoms with E-state index in [-0.39, 0.29) is 28.4 Å². The lowest BCUT2D eigenvalue weighted by Crippen LogP contribution is -2.31. The van der Waals surface area contributed by atoms with Gasteiger partial charge < -0.3 is 16.0 Å². The van der Waals surface area contributed by atoms with Gasteiger partial charge >= 0.3 is 0 Å². The normalized spacial score (nSPS) is 15.0. The number of halogens is 2. The third-order valence-corrected chi connectivity index (χ3v) is 6.88. The predicted octanol–water partition coefficient (Wildman–Crippen LogP) is 6.19. The van der Waals surface area contributed by atoms with E-state index in [1.807, 2.05) is 18.2 Å². The number of hydrogen-bond donors (Lipinski definition) is 3. The van der Waals surface area contributed by atoms with Crippen molar-refractivity contribution in [1.82, 2.24) is 5.32 Å². The summed E-state index contributed by atoms with van der Waals surface area (Å²) in [7, 11) is 0. The number of thioether (sulfide) groups is 1. The summed E-state index contributed by atoms with van der Waals surface area (Å²) < 4.78 is 15.0. The molecule has 3 N–H and O–H groups in total. The van der Waals surface area contributed by atoms with E-state index in [2.05, 4.69) is 22.0 Å². The van der Waals surface area contributed by atoms with E-state index in [0.717, 1.165) is 11.8 Å². The van der Waals surface area contributed by atoms with Crippen LogP contribution in [0.5, 0.6) is 0 Å². The van der Waals surface area contributed by atoms with Gasteiger partial charge in [0.1, 0.15) is 5.82 Å². The second-order valence-electron chi connectivity index (χ2n) is 8.14. The Morgan fingerprint density at radius 1 is 1.00 bits per heavy atom. The van der Waals surface area contributed by atoms with Crippen molar-refractivity contribution in [3.63, 3.8) is 0 Å². The van der Waals surface area contributed by atoms with Crippen LogP contribution in [0.25, 0.3) is 0 Å². The SMILES string of the molecule is CC1=C(C(=O)Nc2ccc(Cl)cc2)C(c2ccccc2F)C(C#N)=C(SCC(=O)Nc2ccccc2)N1. The molecule has 1 heterocycles. The third kappa shape index (κ3) is 6.20. The number of para-hydroxylation sites is 1. The number of benzene rings is 3. The van der Waals surface area contributed by atoms with Crippen LogP contribution in [0, 0.1) is 17.1 Å². The van der Waals surface area contributed by atoms with Crippen LogP contribution in [0.2, 0.25) is 5.02 Å². The molecule has 1 atom stereocenters. The highest BCUT2D eigenvalue weighted by atomic mass is 35.5. The van der Waals surface area contributed by atoms with Crippen molar-refractivity contribution in [2.75, 3.05) is 16.4 Å². The molecule has 186 valence electrons. The van der Waals surface area contributed by atoms with Crippen molar-refractivity contribution in [3.05, 3.63) is 117 Å². The number of nitrogens with zero attached hydrogens (tertiary/aromatic N) is 1. The maximum absolute atomic E-state index is 15.0. The molecule has 6 nitrogen and oxygen atoms in total. The van der Waals surface area contributed by atoms with E-state index in [1.54, 1.807) is 61.5 Å². The zero-order valence-corrected chi connectivity index (χ0v) is 21.3. The Balaban J connectivity index is 1.65. The summed E-state index contributed by atoms with van der Waals surface area (Å²) in [6.07, 6.45) is 0. The summed E-state index contributed by atoms with van der Waals surface area (Å²) in [4.78, 5) is 26.0. The number of dihydropyridines is 1. The summed E-state index contributed by atoms with van der Waals surface area (Å²) in [6.45, 7) is 1.68. The lowest BCUT2D eigenvalue weighted by atomic mass is 9.82. The molecule has 2 amide bonds. The van der Waals surface area contributed by atoms with Crippen molar-refractivity contribution in [2.45, 2.75) is 12.8 Å². The molecule has 0 saturated heterocycles. The molecule has 1 aliphatic rings. The largest absolute Gasteiger partial charge is 0.353 e. The molecule has 0 fully saturated rings.